The Morgan fingerprint density at radius 1 is 1.27 bits per heavy atom. The lowest BCUT2D eigenvalue weighted by molar-refractivity contribution is -0.227. The molecule has 4 heteroatoms. The first-order valence-electron chi connectivity index (χ1n) is 4.66. The second-order valence-electron chi connectivity index (χ2n) is 3.76. The SMILES string of the molecule is C.C.[B]C1C(C)C(CO)OC(OC)C1C. The van der Waals surface area contributed by atoms with E-state index in [2.05, 4.69) is 0 Å². The van der Waals surface area contributed by atoms with E-state index in [-0.39, 0.29) is 51.5 Å². The first-order valence-corrected chi connectivity index (χ1v) is 4.66. The van der Waals surface area contributed by atoms with Gasteiger partial charge in [0.05, 0.1) is 20.6 Å². The number of hydrogen-bond donors (Lipinski definition) is 1. The van der Waals surface area contributed by atoms with E-state index in [1.807, 2.05) is 13.8 Å². The van der Waals surface area contributed by atoms with Crippen molar-refractivity contribution in [2.75, 3.05) is 13.7 Å². The Bertz CT molecular complexity index is 146. The van der Waals surface area contributed by atoms with E-state index in [9.17, 15) is 0 Å². The van der Waals surface area contributed by atoms with Crippen LogP contribution in [0.2, 0.25) is 5.82 Å². The van der Waals surface area contributed by atoms with Gasteiger partial charge in [-0.3, -0.25) is 0 Å². The number of aliphatic hydroxyl groups excluding tert-OH is 1. The summed E-state index contributed by atoms with van der Waals surface area (Å²) in [6.45, 7) is 4.00. The van der Waals surface area contributed by atoms with E-state index >= 15 is 0 Å². The van der Waals surface area contributed by atoms with Crippen LogP contribution in [0.3, 0.4) is 0 Å². The van der Waals surface area contributed by atoms with Crippen LogP contribution in [0.25, 0.3) is 0 Å². The highest BCUT2D eigenvalue weighted by atomic mass is 16.7. The Hall–Kier alpha value is -0.0551. The smallest absolute Gasteiger partial charge is 0.159 e. The Kier molecular flexibility index (Phi) is 8.39. The quantitative estimate of drug-likeness (QED) is 0.716. The molecule has 0 bridgehead atoms. The van der Waals surface area contributed by atoms with E-state index in [0.29, 0.717) is 0 Å². The van der Waals surface area contributed by atoms with Crippen molar-refractivity contribution >= 4 is 7.85 Å². The van der Waals surface area contributed by atoms with Crippen LogP contribution in [0.1, 0.15) is 28.7 Å². The van der Waals surface area contributed by atoms with Gasteiger partial charge < -0.3 is 14.6 Å². The van der Waals surface area contributed by atoms with Gasteiger partial charge >= 0.3 is 0 Å². The zero-order chi connectivity index (χ0) is 10.0. The fourth-order valence-corrected chi connectivity index (χ4v) is 1.81. The first-order chi connectivity index (χ1) is 6.11. The standard InChI is InChI=1S/C9H17BO3.2CH4/c1-5-7(4-11)13-9(12-3)6(2)8(5)10;;/h5-9,11H,4H2,1-3H3;2*1H4. The molecule has 1 aliphatic heterocycles. The Morgan fingerprint density at radius 2 is 1.80 bits per heavy atom. The third kappa shape index (κ3) is 3.47. The van der Waals surface area contributed by atoms with Crippen molar-refractivity contribution in [3.05, 3.63) is 0 Å². The molecule has 1 heterocycles. The fraction of sp³-hybridized carbons (Fsp3) is 1.00. The highest BCUT2D eigenvalue weighted by Gasteiger charge is 2.38. The first kappa shape index (κ1) is 17.3. The summed E-state index contributed by atoms with van der Waals surface area (Å²) in [5, 5.41) is 9.04. The van der Waals surface area contributed by atoms with E-state index in [0.717, 1.165) is 0 Å². The van der Waals surface area contributed by atoms with Crippen molar-refractivity contribution in [1.82, 2.24) is 0 Å². The molecule has 0 saturated carbocycles. The molecule has 2 radical (unpaired) electrons. The average Bonchev–Trinajstić information content (AvgIpc) is 2.15. The van der Waals surface area contributed by atoms with Gasteiger partial charge in [0, 0.05) is 13.0 Å². The Morgan fingerprint density at radius 3 is 2.20 bits per heavy atom. The minimum absolute atomic E-state index is 0. The Labute approximate surface area is 95.6 Å². The van der Waals surface area contributed by atoms with Gasteiger partial charge in [-0.25, -0.2) is 0 Å². The van der Waals surface area contributed by atoms with Crippen LogP contribution in [-0.2, 0) is 9.47 Å². The van der Waals surface area contributed by atoms with Crippen molar-refractivity contribution in [3.63, 3.8) is 0 Å². The van der Waals surface area contributed by atoms with Crippen molar-refractivity contribution in [2.24, 2.45) is 11.8 Å². The van der Waals surface area contributed by atoms with Crippen molar-refractivity contribution in [3.8, 4) is 0 Å². The number of aliphatic hydroxyl groups is 1. The molecular formula is C11H25BO3. The van der Waals surface area contributed by atoms with E-state index < -0.39 is 0 Å². The molecule has 0 aliphatic carbocycles. The van der Waals surface area contributed by atoms with Crippen molar-refractivity contribution < 1.29 is 14.6 Å². The summed E-state index contributed by atoms with van der Waals surface area (Å²) in [5.41, 5.74) is 0. The number of hydrogen-bond acceptors (Lipinski definition) is 3. The normalized spacial score (nSPS) is 40.1. The molecule has 1 N–H and O–H groups in total. The fourth-order valence-electron chi connectivity index (χ4n) is 1.81. The van der Waals surface area contributed by atoms with Gasteiger partial charge in [-0.05, 0) is 5.92 Å². The molecule has 1 rings (SSSR count). The van der Waals surface area contributed by atoms with Crippen LogP contribution in [-0.4, -0.2) is 39.1 Å². The van der Waals surface area contributed by atoms with Crippen LogP contribution >= 0.6 is 0 Å². The van der Waals surface area contributed by atoms with Crippen LogP contribution in [0.4, 0.5) is 0 Å². The third-order valence-electron chi connectivity index (χ3n) is 2.95. The summed E-state index contributed by atoms with van der Waals surface area (Å²) in [6.07, 6.45) is -0.487. The summed E-state index contributed by atoms with van der Waals surface area (Å²) >= 11 is 0. The maximum atomic E-state index is 9.04. The monoisotopic (exact) mass is 216 g/mol. The molecule has 15 heavy (non-hydrogen) atoms. The molecule has 5 atom stereocenters. The molecule has 5 unspecified atom stereocenters. The molecule has 3 nitrogen and oxygen atoms in total. The van der Waals surface area contributed by atoms with Gasteiger partial charge in [0.25, 0.3) is 0 Å². The molecule has 0 spiro atoms. The van der Waals surface area contributed by atoms with Gasteiger partial charge in [-0.1, -0.05) is 34.5 Å². The molecule has 1 fully saturated rings. The van der Waals surface area contributed by atoms with Gasteiger partial charge in [0.2, 0.25) is 0 Å². The summed E-state index contributed by atoms with van der Waals surface area (Å²) in [4.78, 5) is 0. The zero-order valence-corrected chi connectivity index (χ0v) is 8.43. The molecule has 1 saturated heterocycles. The summed E-state index contributed by atoms with van der Waals surface area (Å²) < 4.78 is 10.7. The van der Waals surface area contributed by atoms with E-state index in [4.69, 9.17) is 22.4 Å². The average molecular weight is 216 g/mol. The zero-order valence-electron chi connectivity index (χ0n) is 8.43. The van der Waals surface area contributed by atoms with Crippen LogP contribution < -0.4 is 0 Å². The lowest BCUT2D eigenvalue weighted by Crippen LogP contribution is -2.45. The van der Waals surface area contributed by atoms with Gasteiger partial charge in [-0.15, -0.1) is 0 Å². The summed E-state index contributed by atoms with van der Waals surface area (Å²) in [5.74, 6) is 0.366. The highest BCUT2D eigenvalue weighted by molar-refractivity contribution is 6.12. The minimum atomic E-state index is -0.289. The summed E-state index contributed by atoms with van der Waals surface area (Å²) in [7, 11) is 7.58. The van der Waals surface area contributed by atoms with Crippen molar-refractivity contribution in [1.29, 1.82) is 0 Å². The predicted molar refractivity (Wildman–Crippen MR) is 64.0 cm³/mol. The van der Waals surface area contributed by atoms with Crippen molar-refractivity contribution in [2.45, 2.75) is 46.9 Å². The second-order valence-corrected chi connectivity index (χ2v) is 3.76. The molecule has 0 amide bonds. The van der Waals surface area contributed by atoms with Gasteiger partial charge in [0.1, 0.15) is 0 Å². The lowest BCUT2D eigenvalue weighted by atomic mass is 9.66. The molecule has 0 aromatic carbocycles. The molecule has 0 aromatic heterocycles. The van der Waals surface area contributed by atoms with Crippen LogP contribution in [0.15, 0.2) is 0 Å². The van der Waals surface area contributed by atoms with E-state index in [1.54, 1.807) is 7.11 Å². The number of rotatable bonds is 2. The highest BCUT2D eigenvalue weighted by Crippen LogP contribution is 2.37. The van der Waals surface area contributed by atoms with E-state index in [1.165, 1.54) is 0 Å². The largest absolute Gasteiger partial charge is 0.394 e. The lowest BCUT2D eigenvalue weighted by Gasteiger charge is -2.42. The molecular weight excluding hydrogens is 191 g/mol. The Balaban J connectivity index is 0. The second kappa shape index (κ2) is 7.26. The van der Waals surface area contributed by atoms with Crippen LogP contribution in [0.5, 0.6) is 0 Å². The third-order valence-corrected chi connectivity index (χ3v) is 2.95. The maximum absolute atomic E-state index is 9.04. The molecule has 0 aromatic rings. The maximum Gasteiger partial charge on any atom is 0.159 e. The van der Waals surface area contributed by atoms with Crippen LogP contribution in [0, 0.1) is 11.8 Å². The molecule has 90 valence electrons. The topological polar surface area (TPSA) is 38.7 Å². The predicted octanol–water partition coefficient (Wildman–Crippen LogP) is 1.85. The summed E-state index contributed by atoms with van der Waals surface area (Å²) in [6, 6.07) is 0. The minimum Gasteiger partial charge on any atom is -0.394 e. The number of ether oxygens (including phenoxy) is 2. The van der Waals surface area contributed by atoms with Gasteiger partial charge in [0.15, 0.2) is 6.29 Å². The van der Waals surface area contributed by atoms with Gasteiger partial charge in [-0.2, -0.15) is 0 Å². The molecule has 1 aliphatic rings. The number of methoxy groups -OCH3 is 1.